The molecule has 5 heteroatoms. The van der Waals surface area contributed by atoms with Crippen molar-refractivity contribution in [1.29, 1.82) is 0 Å². The molecule has 1 rings (SSSR count). The SMILES string of the molecule is COCCN(CCC(=O)OC)C(=O)/C=C/c1ccccc1. The number of hydrogen-bond donors (Lipinski definition) is 0. The summed E-state index contributed by atoms with van der Waals surface area (Å²) in [4.78, 5) is 24.9. The molecule has 0 saturated heterocycles. The van der Waals surface area contributed by atoms with E-state index in [1.165, 1.54) is 13.2 Å². The van der Waals surface area contributed by atoms with Crippen LogP contribution in [0.2, 0.25) is 0 Å². The second-order valence-electron chi connectivity index (χ2n) is 4.39. The van der Waals surface area contributed by atoms with Crippen LogP contribution < -0.4 is 0 Å². The van der Waals surface area contributed by atoms with E-state index in [0.717, 1.165) is 5.56 Å². The molecule has 0 aliphatic rings. The Morgan fingerprint density at radius 1 is 1.14 bits per heavy atom. The summed E-state index contributed by atoms with van der Waals surface area (Å²) < 4.78 is 9.57. The van der Waals surface area contributed by atoms with Crippen LogP contribution in [-0.2, 0) is 19.1 Å². The van der Waals surface area contributed by atoms with E-state index in [4.69, 9.17) is 4.74 Å². The molecule has 0 unspecified atom stereocenters. The van der Waals surface area contributed by atoms with Crippen molar-refractivity contribution >= 4 is 18.0 Å². The molecular formula is C16H21NO4. The molecule has 0 bridgehead atoms. The van der Waals surface area contributed by atoms with Gasteiger partial charge >= 0.3 is 5.97 Å². The van der Waals surface area contributed by atoms with Crippen molar-refractivity contribution in [2.24, 2.45) is 0 Å². The van der Waals surface area contributed by atoms with Gasteiger partial charge in [-0.1, -0.05) is 30.3 Å². The molecule has 0 fully saturated rings. The molecule has 0 saturated carbocycles. The first kappa shape index (κ1) is 16.9. The third kappa shape index (κ3) is 6.72. The number of carbonyl (C=O) groups excluding carboxylic acids is 2. The molecule has 1 aromatic carbocycles. The first-order valence-electron chi connectivity index (χ1n) is 6.75. The molecule has 0 atom stereocenters. The van der Waals surface area contributed by atoms with Gasteiger partial charge in [-0.2, -0.15) is 0 Å². The molecule has 21 heavy (non-hydrogen) atoms. The Morgan fingerprint density at radius 3 is 2.48 bits per heavy atom. The highest BCUT2D eigenvalue weighted by molar-refractivity contribution is 5.92. The fourth-order valence-corrected chi connectivity index (χ4v) is 1.70. The van der Waals surface area contributed by atoms with E-state index >= 15 is 0 Å². The Morgan fingerprint density at radius 2 is 1.86 bits per heavy atom. The lowest BCUT2D eigenvalue weighted by Gasteiger charge is -2.20. The standard InChI is InChI=1S/C16H21NO4/c1-20-13-12-17(11-10-16(19)21-2)15(18)9-8-14-6-4-3-5-7-14/h3-9H,10-13H2,1-2H3/b9-8+. The zero-order chi connectivity index (χ0) is 15.5. The Kier molecular flexibility index (Phi) is 7.82. The molecule has 0 aromatic heterocycles. The lowest BCUT2D eigenvalue weighted by atomic mass is 10.2. The van der Waals surface area contributed by atoms with Crippen molar-refractivity contribution in [2.45, 2.75) is 6.42 Å². The first-order chi connectivity index (χ1) is 10.2. The van der Waals surface area contributed by atoms with Crippen molar-refractivity contribution in [3.8, 4) is 0 Å². The molecule has 0 radical (unpaired) electrons. The van der Waals surface area contributed by atoms with Crippen LogP contribution in [0.15, 0.2) is 36.4 Å². The van der Waals surface area contributed by atoms with Crippen LogP contribution in [0.4, 0.5) is 0 Å². The predicted molar refractivity (Wildman–Crippen MR) is 80.6 cm³/mol. The monoisotopic (exact) mass is 291 g/mol. The molecule has 0 N–H and O–H groups in total. The Balaban J connectivity index is 2.61. The number of ether oxygens (including phenoxy) is 2. The van der Waals surface area contributed by atoms with Gasteiger partial charge in [0, 0.05) is 26.3 Å². The summed E-state index contributed by atoms with van der Waals surface area (Å²) in [6.07, 6.45) is 3.42. The number of rotatable bonds is 8. The van der Waals surface area contributed by atoms with Crippen LogP contribution >= 0.6 is 0 Å². The van der Waals surface area contributed by atoms with E-state index < -0.39 is 0 Å². The number of hydrogen-bond acceptors (Lipinski definition) is 4. The minimum atomic E-state index is -0.336. The average molecular weight is 291 g/mol. The fraction of sp³-hybridized carbons (Fsp3) is 0.375. The Hall–Kier alpha value is -2.14. The smallest absolute Gasteiger partial charge is 0.307 e. The number of methoxy groups -OCH3 is 2. The number of nitrogens with zero attached hydrogens (tertiary/aromatic N) is 1. The summed E-state index contributed by atoms with van der Waals surface area (Å²) in [5.74, 6) is -0.489. The van der Waals surface area contributed by atoms with E-state index in [9.17, 15) is 9.59 Å². The van der Waals surface area contributed by atoms with Gasteiger partial charge in [0.15, 0.2) is 0 Å². The highest BCUT2D eigenvalue weighted by atomic mass is 16.5. The van der Waals surface area contributed by atoms with Gasteiger partial charge in [0.1, 0.15) is 0 Å². The number of carbonyl (C=O) groups is 2. The third-order valence-corrected chi connectivity index (χ3v) is 2.91. The summed E-state index contributed by atoms with van der Waals surface area (Å²) in [6, 6.07) is 9.56. The summed E-state index contributed by atoms with van der Waals surface area (Å²) in [6.45, 7) is 1.17. The van der Waals surface area contributed by atoms with Gasteiger partial charge in [0.05, 0.1) is 20.1 Å². The maximum absolute atomic E-state index is 12.2. The van der Waals surface area contributed by atoms with Crippen molar-refractivity contribution in [3.05, 3.63) is 42.0 Å². The van der Waals surface area contributed by atoms with Gasteiger partial charge < -0.3 is 14.4 Å². The lowest BCUT2D eigenvalue weighted by Crippen LogP contribution is -2.34. The molecule has 5 nitrogen and oxygen atoms in total. The zero-order valence-electron chi connectivity index (χ0n) is 12.5. The third-order valence-electron chi connectivity index (χ3n) is 2.91. The largest absolute Gasteiger partial charge is 0.469 e. The second kappa shape index (κ2) is 9.72. The molecule has 114 valence electrons. The second-order valence-corrected chi connectivity index (χ2v) is 4.39. The van der Waals surface area contributed by atoms with E-state index in [1.807, 2.05) is 30.3 Å². The molecule has 0 aliphatic heterocycles. The summed E-state index contributed by atoms with van der Waals surface area (Å²) in [5.41, 5.74) is 0.950. The Bertz CT molecular complexity index is 470. The van der Waals surface area contributed by atoms with Crippen molar-refractivity contribution in [1.82, 2.24) is 4.90 Å². The van der Waals surface area contributed by atoms with Gasteiger partial charge in [-0.15, -0.1) is 0 Å². The van der Waals surface area contributed by atoms with Crippen LogP contribution in [0, 0.1) is 0 Å². The average Bonchev–Trinajstić information content (AvgIpc) is 2.53. The van der Waals surface area contributed by atoms with Crippen molar-refractivity contribution in [3.63, 3.8) is 0 Å². The zero-order valence-corrected chi connectivity index (χ0v) is 12.5. The molecule has 0 aliphatic carbocycles. The predicted octanol–water partition coefficient (Wildman–Crippen LogP) is 1.74. The molecule has 1 aromatic rings. The number of esters is 1. The van der Waals surface area contributed by atoms with Crippen molar-refractivity contribution in [2.75, 3.05) is 33.9 Å². The maximum atomic E-state index is 12.2. The maximum Gasteiger partial charge on any atom is 0.307 e. The fourth-order valence-electron chi connectivity index (χ4n) is 1.70. The molecular weight excluding hydrogens is 270 g/mol. The van der Waals surface area contributed by atoms with E-state index in [2.05, 4.69) is 4.74 Å². The van der Waals surface area contributed by atoms with Gasteiger partial charge in [-0.3, -0.25) is 9.59 Å². The minimum Gasteiger partial charge on any atom is -0.469 e. The Labute approximate surface area is 125 Å². The molecule has 0 spiro atoms. The molecule has 0 heterocycles. The van der Waals surface area contributed by atoms with E-state index in [1.54, 1.807) is 18.1 Å². The normalized spacial score (nSPS) is 10.6. The quantitative estimate of drug-likeness (QED) is 0.541. The number of benzene rings is 1. The first-order valence-corrected chi connectivity index (χ1v) is 6.75. The molecule has 1 amide bonds. The van der Waals surface area contributed by atoms with E-state index in [-0.39, 0.29) is 18.3 Å². The highest BCUT2D eigenvalue weighted by Gasteiger charge is 2.12. The summed E-state index contributed by atoms with van der Waals surface area (Å²) in [7, 11) is 2.90. The lowest BCUT2D eigenvalue weighted by molar-refractivity contribution is -0.141. The van der Waals surface area contributed by atoms with E-state index in [0.29, 0.717) is 19.7 Å². The van der Waals surface area contributed by atoms with Gasteiger partial charge in [0.25, 0.3) is 0 Å². The van der Waals surface area contributed by atoms with Crippen LogP contribution in [0.3, 0.4) is 0 Å². The van der Waals surface area contributed by atoms with Crippen LogP contribution in [-0.4, -0.2) is 50.7 Å². The number of amides is 1. The van der Waals surface area contributed by atoms with Crippen LogP contribution in [0.25, 0.3) is 6.08 Å². The minimum absolute atomic E-state index is 0.153. The van der Waals surface area contributed by atoms with Crippen molar-refractivity contribution < 1.29 is 19.1 Å². The highest BCUT2D eigenvalue weighted by Crippen LogP contribution is 2.03. The van der Waals surface area contributed by atoms with Crippen LogP contribution in [0.1, 0.15) is 12.0 Å². The van der Waals surface area contributed by atoms with Gasteiger partial charge in [0.2, 0.25) is 5.91 Å². The van der Waals surface area contributed by atoms with Crippen LogP contribution in [0.5, 0.6) is 0 Å². The van der Waals surface area contributed by atoms with Gasteiger partial charge in [-0.25, -0.2) is 0 Å². The summed E-state index contributed by atoms with van der Waals surface area (Å²) in [5, 5.41) is 0. The topological polar surface area (TPSA) is 55.8 Å². The summed E-state index contributed by atoms with van der Waals surface area (Å²) >= 11 is 0. The van der Waals surface area contributed by atoms with Gasteiger partial charge in [-0.05, 0) is 11.6 Å².